The number of Topliss-reactive ketones (excluding diaryl/α,β-unsaturated/α-hetero) is 1. The first-order chi connectivity index (χ1) is 9.28. The number of rotatable bonds is 3. The monoisotopic (exact) mass is 252 g/mol. The third kappa shape index (κ3) is 2.26. The van der Waals surface area contributed by atoms with Gasteiger partial charge in [-0.1, -0.05) is 0 Å². The van der Waals surface area contributed by atoms with Crippen molar-refractivity contribution in [2.24, 2.45) is 5.92 Å². The van der Waals surface area contributed by atoms with Gasteiger partial charge in [-0.15, -0.1) is 0 Å². The minimum atomic E-state index is 0.260. The zero-order valence-corrected chi connectivity index (χ0v) is 10.8. The average Bonchev–Trinajstić information content (AvgIpc) is 3.02. The molecule has 1 fully saturated rings. The number of nitrogens with zero attached hydrogens (tertiary/aromatic N) is 2. The Morgan fingerprint density at radius 3 is 3.00 bits per heavy atom. The molecule has 3 nitrogen and oxygen atoms in total. The summed E-state index contributed by atoms with van der Waals surface area (Å²) in [6.45, 7) is 0.881. The van der Waals surface area contributed by atoms with Crippen LogP contribution in [0.1, 0.15) is 31.2 Å². The third-order valence-corrected chi connectivity index (χ3v) is 4.05. The minimum absolute atomic E-state index is 0.260. The fraction of sp³-hybridized carbons (Fsp3) is 0.375. The topological polar surface area (TPSA) is 45.8 Å². The van der Waals surface area contributed by atoms with E-state index >= 15 is 0 Å². The molecule has 0 spiro atoms. The van der Waals surface area contributed by atoms with Crippen LogP contribution in [0.4, 0.5) is 0 Å². The predicted molar refractivity (Wildman–Crippen MR) is 73.6 cm³/mol. The molecule has 0 radical (unpaired) electrons. The van der Waals surface area contributed by atoms with Crippen molar-refractivity contribution in [1.82, 2.24) is 4.57 Å². The quantitative estimate of drug-likeness (QED) is 0.841. The maximum atomic E-state index is 11.6. The Kier molecular flexibility index (Phi) is 3.08. The minimum Gasteiger partial charge on any atom is -0.347 e. The normalized spacial score (nSPS) is 18.9. The highest BCUT2D eigenvalue weighted by Gasteiger charge is 2.23. The molecule has 0 N–H and O–H groups in total. The molecule has 19 heavy (non-hydrogen) atoms. The van der Waals surface area contributed by atoms with Crippen LogP contribution in [-0.4, -0.2) is 10.4 Å². The summed E-state index contributed by atoms with van der Waals surface area (Å²) in [6, 6.07) is 9.94. The van der Waals surface area contributed by atoms with Crippen molar-refractivity contribution in [1.29, 1.82) is 5.26 Å². The van der Waals surface area contributed by atoms with Crippen molar-refractivity contribution in [3.63, 3.8) is 0 Å². The van der Waals surface area contributed by atoms with Crippen LogP contribution in [0.2, 0.25) is 0 Å². The number of ketones is 1. The van der Waals surface area contributed by atoms with Crippen molar-refractivity contribution < 1.29 is 4.79 Å². The van der Waals surface area contributed by atoms with E-state index in [1.165, 1.54) is 0 Å². The Balaban J connectivity index is 1.78. The molecule has 96 valence electrons. The van der Waals surface area contributed by atoms with E-state index in [-0.39, 0.29) is 5.92 Å². The van der Waals surface area contributed by atoms with Crippen molar-refractivity contribution in [2.75, 3.05) is 0 Å². The number of hydrogen-bond donors (Lipinski definition) is 0. The van der Waals surface area contributed by atoms with Gasteiger partial charge in [0.15, 0.2) is 0 Å². The number of carbonyl (C=O) groups excluding carboxylic acids is 1. The van der Waals surface area contributed by atoms with Crippen LogP contribution in [-0.2, 0) is 11.3 Å². The molecule has 0 saturated heterocycles. The van der Waals surface area contributed by atoms with Gasteiger partial charge < -0.3 is 4.57 Å². The number of benzene rings is 1. The number of carbonyl (C=O) groups is 1. The highest BCUT2D eigenvalue weighted by Crippen LogP contribution is 2.26. The van der Waals surface area contributed by atoms with Gasteiger partial charge >= 0.3 is 0 Å². The maximum Gasteiger partial charge on any atom is 0.136 e. The number of aromatic nitrogens is 1. The zero-order valence-electron chi connectivity index (χ0n) is 10.8. The van der Waals surface area contributed by atoms with Gasteiger partial charge in [0.1, 0.15) is 5.78 Å². The van der Waals surface area contributed by atoms with E-state index < -0.39 is 0 Å². The third-order valence-electron chi connectivity index (χ3n) is 4.05. The van der Waals surface area contributed by atoms with E-state index in [4.69, 9.17) is 5.26 Å². The van der Waals surface area contributed by atoms with E-state index in [2.05, 4.69) is 10.6 Å². The second-order valence-electron chi connectivity index (χ2n) is 5.24. The molecule has 1 aromatic heterocycles. The summed E-state index contributed by atoms with van der Waals surface area (Å²) in [5.41, 5.74) is 1.83. The van der Waals surface area contributed by atoms with Gasteiger partial charge in [-0.2, -0.15) is 5.26 Å². The molecule has 1 unspecified atom stereocenters. The van der Waals surface area contributed by atoms with Gasteiger partial charge in [0.05, 0.1) is 11.6 Å². The summed E-state index contributed by atoms with van der Waals surface area (Å²) in [6.07, 6.45) is 5.86. The lowest BCUT2D eigenvalue weighted by Gasteiger charge is -2.09. The Hall–Kier alpha value is -2.08. The van der Waals surface area contributed by atoms with Crippen molar-refractivity contribution >= 4 is 16.7 Å². The zero-order chi connectivity index (χ0) is 13.2. The first-order valence-electron chi connectivity index (χ1n) is 6.79. The van der Waals surface area contributed by atoms with Crippen LogP contribution in [0.3, 0.4) is 0 Å². The fourth-order valence-electron chi connectivity index (χ4n) is 2.95. The smallest absolute Gasteiger partial charge is 0.136 e. The summed E-state index contributed by atoms with van der Waals surface area (Å²) < 4.78 is 2.18. The Labute approximate surface area is 112 Å². The number of aryl methyl sites for hydroxylation is 1. The summed E-state index contributed by atoms with van der Waals surface area (Å²) in [7, 11) is 0. The summed E-state index contributed by atoms with van der Waals surface area (Å²) >= 11 is 0. The molecule has 3 heteroatoms. The van der Waals surface area contributed by atoms with Crippen LogP contribution in [0.15, 0.2) is 30.5 Å². The van der Waals surface area contributed by atoms with E-state index in [1.54, 1.807) is 0 Å². The van der Waals surface area contributed by atoms with Crippen molar-refractivity contribution in [3.8, 4) is 6.07 Å². The standard InChI is InChI=1S/C16H16N2O/c17-11-12-4-5-15-14(10-12)7-9-18(15)8-6-13-2-1-3-16(13)19/h4-5,7,9-10,13H,1-3,6,8H2. The van der Waals surface area contributed by atoms with Gasteiger partial charge in [0.25, 0.3) is 0 Å². The van der Waals surface area contributed by atoms with Gasteiger partial charge in [-0.25, -0.2) is 0 Å². The van der Waals surface area contributed by atoms with E-state index in [0.29, 0.717) is 11.3 Å². The van der Waals surface area contributed by atoms with Crippen LogP contribution in [0.25, 0.3) is 10.9 Å². The van der Waals surface area contributed by atoms with Crippen LogP contribution < -0.4 is 0 Å². The molecular weight excluding hydrogens is 236 g/mol. The molecule has 1 aliphatic rings. The van der Waals surface area contributed by atoms with E-state index in [1.807, 2.05) is 30.5 Å². The number of hydrogen-bond acceptors (Lipinski definition) is 2. The second kappa shape index (κ2) is 4.89. The highest BCUT2D eigenvalue weighted by atomic mass is 16.1. The maximum absolute atomic E-state index is 11.6. The number of nitriles is 1. The first-order valence-corrected chi connectivity index (χ1v) is 6.79. The molecule has 0 amide bonds. The lowest BCUT2D eigenvalue weighted by Crippen LogP contribution is -2.09. The average molecular weight is 252 g/mol. The Bertz CT molecular complexity index is 663. The molecule has 2 aromatic rings. The second-order valence-corrected chi connectivity index (χ2v) is 5.24. The van der Waals surface area contributed by atoms with E-state index in [0.717, 1.165) is 43.1 Å². The first kappa shape index (κ1) is 12.0. The lowest BCUT2D eigenvalue weighted by molar-refractivity contribution is -0.120. The molecular formula is C16H16N2O. The van der Waals surface area contributed by atoms with Gasteiger partial charge in [0.2, 0.25) is 0 Å². The predicted octanol–water partition coefficient (Wildman–Crippen LogP) is 3.27. The Morgan fingerprint density at radius 1 is 1.37 bits per heavy atom. The molecule has 0 bridgehead atoms. The van der Waals surface area contributed by atoms with Crippen LogP contribution in [0, 0.1) is 17.2 Å². The SMILES string of the molecule is N#Cc1ccc2c(ccn2CCC2CCCC2=O)c1. The van der Waals surface area contributed by atoms with E-state index in [9.17, 15) is 4.79 Å². The van der Waals surface area contributed by atoms with Crippen LogP contribution in [0.5, 0.6) is 0 Å². The summed E-state index contributed by atoms with van der Waals surface area (Å²) in [5, 5.41) is 9.98. The molecule has 1 heterocycles. The molecule has 1 aliphatic carbocycles. The summed E-state index contributed by atoms with van der Waals surface area (Å²) in [4.78, 5) is 11.6. The molecule has 1 saturated carbocycles. The highest BCUT2D eigenvalue weighted by molar-refractivity contribution is 5.83. The molecule has 1 atom stereocenters. The van der Waals surface area contributed by atoms with Crippen molar-refractivity contribution in [2.45, 2.75) is 32.2 Å². The fourth-order valence-corrected chi connectivity index (χ4v) is 2.95. The molecule has 3 rings (SSSR count). The lowest BCUT2D eigenvalue weighted by atomic mass is 10.0. The van der Waals surface area contributed by atoms with Gasteiger partial charge in [-0.3, -0.25) is 4.79 Å². The molecule has 0 aliphatic heterocycles. The number of fused-ring (bicyclic) bond motifs is 1. The summed E-state index contributed by atoms with van der Waals surface area (Å²) in [5.74, 6) is 0.694. The largest absolute Gasteiger partial charge is 0.347 e. The van der Waals surface area contributed by atoms with Gasteiger partial charge in [0, 0.05) is 36.0 Å². The Morgan fingerprint density at radius 2 is 2.26 bits per heavy atom. The van der Waals surface area contributed by atoms with Gasteiger partial charge in [-0.05, 0) is 43.5 Å². The van der Waals surface area contributed by atoms with Crippen LogP contribution >= 0.6 is 0 Å². The molecule has 1 aromatic carbocycles. The van der Waals surface area contributed by atoms with Crippen molar-refractivity contribution in [3.05, 3.63) is 36.0 Å².